The van der Waals surface area contributed by atoms with Crippen molar-refractivity contribution in [3.8, 4) is 23.1 Å². The van der Waals surface area contributed by atoms with Crippen LogP contribution in [0.15, 0.2) is 48.7 Å². The highest BCUT2D eigenvalue weighted by molar-refractivity contribution is 6.05. The summed E-state index contributed by atoms with van der Waals surface area (Å²) in [5.74, 6) is -0.363. The van der Waals surface area contributed by atoms with Crippen molar-refractivity contribution in [2.75, 3.05) is 23.3 Å². The van der Waals surface area contributed by atoms with Crippen LogP contribution in [0.25, 0.3) is 11.3 Å². The lowest BCUT2D eigenvalue weighted by Crippen LogP contribution is -2.23. The Hall–Kier alpha value is -4.04. The Kier molecular flexibility index (Phi) is 5.93. The molecule has 3 aromatic rings. The molecule has 8 nitrogen and oxygen atoms in total. The number of amides is 1. The minimum absolute atomic E-state index is 0.206. The number of carbonyl (C=O) groups is 1. The molecule has 2 aromatic heterocycles. The van der Waals surface area contributed by atoms with Gasteiger partial charge in [0.2, 0.25) is 0 Å². The van der Waals surface area contributed by atoms with Crippen molar-refractivity contribution in [2.24, 2.45) is 0 Å². The highest BCUT2D eigenvalue weighted by Gasteiger charge is 2.31. The quantitative estimate of drug-likeness (QED) is 0.539. The van der Waals surface area contributed by atoms with Crippen LogP contribution in [0.2, 0.25) is 0 Å². The van der Waals surface area contributed by atoms with Gasteiger partial charge in [0.05, 0.1) is 17.4 Å². The summed E-state index contributed by atoms with van der Waals surface area (Å²) in [6.07, 6.45) is -3.31. The molecule has 0 radical (unpaired) electrons. The molecule has 1 amide bonds. The smallest absolute Gasteiger partial charge is 0.406 e. The van der Waals surface area contributed by atoms with Crippen molar-refractivity contribution in [1.29, 1.82) is 5.26 Å². The van der Waals surface area contributed by atoms with E-state index in [4.69, 9.17) is 5.26 Å². The zero-order valence-electron chi connectivity index (χ0n) is 17.1. The molecule has 1 fully saturated rings. The number of nitrogens with one attached hydrogen (secondary N) is 2. The van der Waals surface area contributed by atoms with E-state index < -0.39 is 24.1 Å². The average Bonchev–Trinajstić information content (AvgIpc) is 3.42. The molecule has 0 aliphatic carbocycles. The first-order valence-corrected chi connectivity index (χ1v) is 9.91. The van der Waals surface area contributed by atoms with E-state index in [1.165, 1.54) is 18.3 Å². The molecule has 11 heteroatoms. The summed E-state index contributed by atoms with van der Waals surface area (Å²) in [5, 5.41) is 21.6. The molecule has 1 unspecified atom stereocenters. The fourth-order valence-electron chi connectivity index (χ4n) is 3.53. The third-order valence-electron chi connectivity index (χ3n) is 5.03. The van der Waals surface area contributed by atoms with Gasteiger partial charge in [-0.2, -0.15) is 5.26 Å². The highest BCUT2D eigenvalue weighted by Crippen LogP contribution is 2.32. The largest absolute Gasteiger partial charge is 0.573 e. The summed E-state index contributed by atoms with van der Waals surface area (Å²) in [6.45, 7) is 0.981. The van der Waals surface area contributed by atoms with Crippen LogP contribution in [-0.2, 0) is 0 Å². The van der Waals surface area contributed by atoms with Crippen molar-refractivity contribution < 1.29 is 27.8 Å². The second kappa shape index (κ2) is 8.84. The fraction of sp³-hybridized carbons (Fsp3) is 0.227. The third kappa shape index (κ3) is 5.24. The molecule has 3 heterocycles. The standard InChI is InChI=1S/C22H18F3N5O3/c23-22(24,25)33-17-4-1-14(2-5-17)29-21(32)13-9-18(19-6-3-15(10-26)28-19)20(27-11-13)30-8-7-16(31)12-30/h1-6,9,11,16,28,31H,7-8,12H2,(H,29,32). The van der Waals surface area contributed by atoms with Crippen molar-refractivity contribution in [3.05, 3.63) is 59.9 Å². The second-order valence-corrected chi connectivity index (χ2v) is 7.41. The van der Waals surface area contributed by atoms with Crippen molar-refractivity contribution in [2.45, 2.75) is 18.9 Å². The van der Waals surface area contributed by atoms with Crippen LogP contribution in [-0.4, -0.2) is 46.5 Å². The lowest BCUT2D eigenvalue weighted by atomic mass is 10.1. The van der Waals surface area contributed by atoms with Crippen LogP contribution in [0.4, 0.5) is 24.7 Å². The molecular weight excluding hydrogens is 439 g/mol. The van der Waals surface area contributed by atoms with Gasteiger partial charge in [0.1, 0.15) is 23.3 Å². The molecule has 3 N–H and O–H groups in total. The number of aromatic nitrogens is 2. The monoisotopic (exact) mass is 457 g/mol. The van der Waals surface area contributed by atoms with Gasteiger partial charge in [0, 0.05) is 30.5 Å². The number of aromatic amines is 1. The number of nitrogens with zero attached hydrogens (tertiary/aromatic N) is 3. The normalized spacial score (nSPS) is 15.8. The van der Waals surface area contributed by atoms with Crippen molar-refractivity contribution >= 4 is 17.4 Å². The Labute approximate surface area is 186 Å². The molecule has 0 spiro atoms. The SMILES string of the molecule is N#Cc1ccc(-c2cc(C(=O)Nc3ccc(OC(F)(F)F)cc3)cnc2N2CCC(O)C2)[nH]1. The maximum Gasteiger partial charge on any atom is 0.573 e. The fourth-order valence-corrected chi connectivity index (χ4v) is 3.53. The first-order chi connectivity index (χ1) is 15.7. The highest BCUT2D eigenvalue weighted by atomic mass is 19.4. The Morgan fingerprint density at radius 2 is 2.03 bits per heavy atom. The zero-order chi connectivity index (χ0) is 23.6. The number of alkyl halides is 3. The lowest BCUT2D eigenvalue weighted by molar-refractivity contribution is -0.274. The lowest BCUT2D eigenvalue weighted by Gasteiger charge is -2.20. The molecule has 0 saturated carbocycles. The summed E-state index contributed by atoms with van der Waals surface area (Å²) in [4.78, 5) is 22.1. The van der Waals surface area contributed by atoms with Gasteiger partial charge in [-0.05, 0) is 48.9 Å². The Bertz CT molecular complexity index is 1200. The maximum absolute atomic E-state index is 12.8. The topological polar surface area (TPSA) is 114 Å². The molecule has 1 atom stereocenters. The summed E-state index contributed by atoms with van der Waals surface area (Å²) in [7, 11) is 0. The van der Waals surface area contributed by atoms with Crippen LogP contribution in [0, 0.1) is 11.3 Å². The minimum atomic E-state index is -4.80. The summed E-state index contributed by atoms with van der Waals surface area (Å²) in [5.41, 5.74) is 1.98. The molecule has 1 aliphatic rings. The number of anilines is 2. The van der Waals surface area contributed by atoms with E-state index in [0.717, 1.165) is 12.1 Å². The summed E-state index contributed by atoms with van der Waals surface area (Å²) < 4.78 is 40.7. The Morgan fingerprint density at radius 1 is 1.27 bits per heavy atom. The van der Waals surface area contributed by atoms with E-state index in [1.807, 2.05) is 11.0 Å². The number of ether oxygens (including phenoxy) is 1. The van der Waals surface area contributed by atoms with Gasteiger partial charge in [-0.25, -0.2) is 4.98 Å². The number of halogens is 3. The van der Waals surface area contributed by atoms with Crippen molar-refractivity contribution in [3.63, 3.8) is 0 Å². The number of pyridine rings is 1. The number of benzene rings is 1. The van der Waals surface area contributed by atoms with Crippen LogP contribution in [0.3, 0.4) is 0 Å². The zero-order valence-corrected chi connectivity index (χ0v) is 17.1. The Morgan fingerprint density at radius 3 is 2.64 bits per heavy atom. The number of rotatable bonds is 5. The Balaban J connectivity index is 1.59. The maximum atomic E-state index is 12.8. The minimum Gasteiger partial charge on any atom is -0.406 e. The second-order valence-electron chi connectivity index (χ2n) is 7.41. The van der Waals surface area contributed by atoms with E-state index in [-0.39, 0.29) is 11.3 Å². The summed E-state index contributed by atoms with van der Waals surface area (Å²) in [6, 6.07) is 11.7. The molecule has 1 saturated heterocycles. The number of carbonyl (C=O) groups excluding carboxylic acids is 1. The van der Waals surface area contributed by atoms with Gasteiger partial charge in [-0.3, -0.25) is 4.79 Å². The van der Waals surface area contributed by atoms with Crippen LogP contribution in [0.1, 0.15) is 22.5 Å². The molecule has 4 rings (SSSR count). The summed E-state index contributed by atoms with van der Waals surface area (Å²) >= 11 is 0. The van der Waals surface area contributed by atoms with Gasteiger partial charge < -0.3 is 25.0 Å². The molecule has 33 heavy (non-hydrogen) atoms. The predicted molar refractivity (Wildman–Crippen MR) is 113 cm³/mol. The first-order valence-electron chi connectivity index (χ1n) is 9.91. The molecule has 0 bridgehead atoms. The number of hydrogen-bond acceptors (Lipinski definition) is 6. The number of hydrogen-bond donors (Lipinski definition) is 3. The van der Waals surface area contributed by atoms with Gasteiger partial charge in [0.15, 0.2) is 0 Å². The van der Waals surface area contributed by atoms with E-state index >= 15 is 0 Å². The average molecular weight is 457 g/mol. The van der Waals surface area contributed by atoms with Crippen molar-refractivity contribution in [1.82, 2.24) is 9.97 Å². The van der Waals surface area contributed by atoms with Crippen LogP contribution >= 0.6 is 0 Å². The van der Waals surface area contributed by atoms with Gasteiger partial charge in [0.25, 0.3) is 5.91 Å². The van der Waals surface area contributed by atoms with Crippen LogP contribution in [0.5, 0.6) is 5.75 Å². The molecule has 1 aliphatic heterocycles. The van der Waals surface area contributed by atoms with Gasteiger partial charge >= 0.3 is 6.36 Å². The van der Waals surface area contributed by atoms with E-state index in [9.17, 15) is 23.1 Å². The van der Waals surface area contributed by atoms with E-state index in [2.05, 4.69) is 20.0 Å². The van der Waals surface area contributed by atoms with Crippen LogP contribution < -0.4 is 15.0 Å². The number of H-pyrrole nitrogens is 1. The number of aliphatic hydroxyl groups excluding tert-OH is 1. The first kappa shape index (κ1) is 22.2. The third-order valence-corrected chi connectivity index (χ3v) is 5.03. The molecule has 170 valence electrons. The molecule has 1 aromatic carbocycles. The number of β-amino-alcohol motifs (C(OH)–C–C–N with tert-alkyl or cyclic N) is 1. The van der Waals surface area contributed by atoms with Gasteiger partial charge in [-0.15, -0.1) is 13.2 Å². The predicted octanol–water partition coefficient (Wildman–Crippen LogP) is 3.67. The number of nitriles is 1. The number of aliphatic hydroxyl groups is 1. The van der Waals surface area contributed by atoms with Gasteiger partial charge in [-0.1, -0.05) is 0 Å². The molecular formula is C22H18F3N5O3. The van der Waals surface area contributed by atoms with E-state index in [0.29, 0.717) is 42.3 Å². The van der Waals surface area contributed by atoms with E-state index in [1.54, 1.807) is 18.2 Å².